The van der Waals surface area contributed by atoms with E-state index in [1.165, 1.54) is 17.8 Å². The van der Waals surface area contributed by atoms with Crippen molar-refractivity contribution in [2.24, 2.45) is 0 Å². The third kappa shape index (κ3) is 3.62. The molecule has 0 N–H and O–H groups in total. The molecule has 7 heteroatoms. The Labute approximate surface area is 181 Å². The van der Waals surface area contributed by atoms with Crippen molar-refractivity contribution in [2.75, 3.05) is 39.9 Å². The third-order valence-corrected chi connectivity index (χ3v) is 6.84. The molecule has 2 aromatic heterocycles. The van der Waals surface area contributed by atoms with E-state index in [4.69, 9.17) is 9.72 Å². The van der Waals surface area contributed by atoms with Crippen LogP contribution >= 0.6 is 0 Å². The van der Waals surface area contributed by atoms with Gasteiger partial charge in [-0.3, -0.25) is 9.69 Å². The predicted molar refractivity (Wildman–Crippen MR) is 115 cm³/mol. The average Bonchev–Trinajstić information content (AvgIpc) is 3.23. The summed E-state index contributed by atoms with van der Waals surface area (Å²) < 4.78 is 21.1. The smallest absolute Gasteiger partial charge is 0.242 e. The Bertz CT molecular complexity index is 1080. The van der Waals surface area contributed by atoms with E-state index >= 15 is 0 Å². The molecular weight excluding hydrogens is 395 g/mol. The molecule has 2 aliphatic rings. The first kappa shape index (κ1) is 20.2. The van der Waals surface area contributed by atoms with Crippen molar-refractivity contribution in [2.45, 2.75) is 24.3 Å². The largest absolute Gasteiger partial charge is 0.378 e. The number of hydrogen-bond acceptors (Lipinski definition) is 4. The lowest BCUT2D eigenvalue weighted by Crippen LogP contribution is -2.56. The number of aromatic nitrogens is 2. The van der Waals surface area contributed by atoms with Gasteiger partial charge in [0.15, 0.2) is 0 Å². The SMILES string of the molecule is CN1CCOC[C@@H]1C(=O)N1CCC(c2ccccc2)(c2cn3cc(F)ccc3n2)CC1. The number of fused-ring (bicyclic) bond motifs is 1. The molecule has 31 heavy (non-hydrogen) atoms. The number of nitrogens with zero attached hydrogens (tertiary/aromatic N) is 4. The minimum Gasteiger partial charge on any atom is -0.378 e. The molecule has 2 saturated heterocycles. The number of morpholine rings is 1. The number of rotatable bonds is 3. The zero-order valence-electron chi connectivity index (χ0n) is 17.7. The molecule has 5 rings (SSSR count). The van der Waals surface area contributed by atoms with Crippen LogP contribution in [0.2, 0.25) is 0 Å². The molecule has 2 fully saturated rings. The van der Waals surface area contributed by atoms with Crippen molar-refractivity contribution in [3.63, 3.8) is 0 Å². The average molecular weight is 423 g/mol. The molecule has 1 aromatic carbocycles. The fraction of sp³-hybridized carbons (Fsp3) is 0.417. The van der Waals surface area contributed by atoms with E-state index in [-0.39, 0.29) is 23.2 Å². The monoisotopic (exact) mass is 422 g/mol. The molecule has 2 aliphatic heterocycles. The zero-order valence-corrected chi connectivity index (χ0v) is 17.7. The number of hydrogen-bond donors (Lipinski definition) is 0. The van der Waals surface area contributed by atoms with E-state index in [1.807, 2.05) is 36.3 Å². The summed E-state index contributed by atoms with van der Waals surface area (Å²) in [6.07, 6.45) is 4.94. The number of likely N-dealkylation sites (tertiary alicyclic amines) is 1. The van der Waals surface area contributed by atoms with E-state index in [0.29, 0.717) is 26.3 Å². The van der Waals surface area contributed by atoms with Crippen LogP contribution in [0.3, 0.4) is 0 Å². The highest BCUT2D eigenvalue weighted by atomic mass is 19.1. The quantitative estimate of drug-likeness (QED) is 0.651. The number of likely N-dealkylation sites (N-methyl/N-ethyl adjacent to an activating group) is 1. The second-order valence-corrected chi connectivity index (χ2v) is 8.58. The Balaban J connectivity index is 1.45. The van der Waals surface area contributed by atoms with Gasteiger partial charge in [-0.1, -0.05) is 30.3 Å². The molecule has 4 heterocycles. The highest BCUT2D eigenvalue weighted by Crippen LogP contribution is 2.41. The molecule has 0 saturated carbocycles. The fourth-order valence-electron chi connectivity index (χ4n) is 4.91. The number of pyridine rings is 1. The highest BCUT2D eigenvalue weighted by Gasteiger charge is 2.42. The van der Waals surface area contributed by atoms with Gasteiger partial charge in [0.1, 0.15) is 17.5 Å². The molecule has 0 aliphatic carbocycles. The van der Waals surface area contributed by atoms with Gasteiger partial charge in [-0.25, -0.2) is 9.37 Å². The zero-order chi connectivity index (χ0) is 21.4. The van der Waals surface area contributed by atoms with Crippen molar-refractivity contribution < 1.29 is 13.9 Å². The first-order valence-corrected chi connectivity index (χ1v) is 10.8. The summed E-state index contributed by atoms with van der Waals surface area (Å²) in [6.45, 7) is 3.20. The summed E-state index contributed by atoms with van der Waals surface area (Å²) in [5, 5.41) is 0. The van der Waals surface area contributed by atoms with Gasteiger partial charge in [0.2, 0.25) is 5.91 Å². The maximum atomic E-state index is 13.7. The molecule has 0 bridgehead atoms. The topological polar surface area (TPSA) is 50.1 Å². The van der Waals surface area contributed by atoms with Crippen LogP contribution in [0.5, 0.6) is 0 Å². The van der Waals surface area contributed by atoms with Crippen LogP contribution in [-0.4, -0.2) is 71.0 Å². The van der Waals surface area contributed by atoms with Gasteiger partial charge in [-0.2, -0.15) is 0 Å². The van der Waals surface area contributed by atoms with Crippen molar-refractivity contribution in [1.82, 2.24) is 19.2 Å². The number of piperidine rings is 1. The molecular formula is C24H27FN4O2. The number of benzene rings is 1. The summed E-state index contributed by atoms with van der Waals surface area (Å²) in [5.74, 6) is -0.148. The van der Waals surface area contributed by atoms with Crippen LogP contribution in [0.1, 0.15) is 24.1 Å². The highest BCUT2D eigenvalue weighted by molar-refractivity contribution is 5.82. The number of carbonyl (C=O) groups excluding carboxylic acids is 1. The van der Waals surface area contributed by atoms with E-state index in [1.54, 1.807) is 10.5 Å². The molecule has 6 nitrogen and oxygen atoms in total. The molecule has 0 spiro atoms. The van der Waals surface area contributed by atoms with Crippen LogP contribution in [0, 0.1) is 5.82 Å². The Morgan fingerprint density at radius 1 is 1.10 bits per heavy atom. The number of carbonyl (C=O) groups is 1. The Morgan fingerprint density at radius 2 is 1.87 bits per heavy atom. The number of imidazole rings is 1. The van der Waals surface area contributed by atoms with Crippen molar-refractivity contribution in [3.8, 4) is 0 Å². The molecule has 3 aromatic rings. The standard InChI is InChI=1S/C24H27FN4O2/c1-27-13-14-31-17-20(27)23(30)28-11-9-24(10-12-28,18-5-3-2-4-6-18)21-16-29-15-19(25)7-8-22(29)26-21/h2-8,15-16,20H,9-14,17H2,1H3/t20-/m1/s1. The Kier molecular flexibility index (Phi) is 5.24. The summed E-state index contributed by atoms with van der Waals surface area (Å²) >= 11 is 0. The lowest BCUT2D eigenvalue weighted by Gasteiger charge is -2.43. The van der Waals surface area contributed by atoms with Crippen molar-refractivity contribution >= 4 is 11.6 Å². The van der Waals surface area contributed by atoms with E-state index in [9.17, 15) is 9.18 Å². The van der Waals surface area contributed by atoms with Gasteiger partial charge in [0.05, 0.1) is 18.9 Å². The van der Waals surface area contributed by atoms with E-state index < -0.39 is 0 Å². The molecule has 0 radical (unpaired) electrons. The van der Waals surface area contributed by atoms with Crippen LogP contribution < -0.4 is 0 Å². The van der Waals surface area contributed by atoms with Crippen LogP contribution in [0.25, 0.3) is 5.65 Å². The van der Waals surface area contributed by atoms with Crippen molar-refractivity contribution in [1.29, 1.82) is 0 Å². The van der Waals surface area contributed by atoms with Gasteiger partial charge < -0.3 is 14.0 Å². The first-order chi connectivity index (χ1) is 15.1. The third-order valence-electron chi connectivity index (χ3n) is 6.84. The minimum atomic E-state index is -0.310. The van der Waals surface area contributed by atoms with Gasteiger partial charge in [-0.05, 0) is 37.6 Å². The second kappa shape index (κ2) is 8.05. The molecule has 1 amide bonds. The predicted octanol–water partition coefficient (Wildman–Crippen LogP) is 2.71. The first-order valence-electron chi connectivity index (χ1n) is 10.8. The van der Waals surface area contributed by atoms with Gasteiger partial charge in [0.25, 0.3) is 0 Å². The summed E-state index contributed by atoms with van der Waals surface area (Å²) in [4.78, 5) is 22.1. The fourth-order valence-corrected chi connectivity index (χ4v) is 4.91. The van der Waals surface area contributed by atoms with Crippen LogP contribution in [-0.2, 0) is 14.9 Å². The Hall–Kier alpha value is -2.77. The van der Waals surface area contributed by atoms with Gasteiger partial charge in [-0.15, -0.1) is 0 Å². The molecule has 0 unspecified atom stereocenters. The number of amides is 1. The number of halogens is 1. The molecule has 1 atom stereocenters. The lowest BCUT2D eigenvalue weighted by atomic mass is 9.70. The summed E-state index contributed by atoms with van der Waals surface area (Å²) in [6, 6.07) is 13.3. The Morgan fingerprint density at radius 3 is 2.61 bits per heavy atom. The van der Waals surface area contributed by atoms with Crippen LogP contribution in [0.4, 0.5) is 4.39 Å². The normalized spacial score (nSPS) is 22.0. The van der Waals surface area contributed by atoms with E-state index in [2.05, 4.69) is 17.0 Å². The maximum Gasteiger partial charge on any atom is 0.242 e. The maximum absolute atomic E-state index is 13.7. The minimum absolute atomic E-state index is 0.140. The van der Waals surface area contributed by atoms with Crippen LogP contribution in [0.15, 0.2) is 54.9 Å². The summed E-state index contributed by atoms with van der Waals surface area (Å²) in [5.41, 5.74) is 2.53. The van der Waals surface area contributed by atoms with Gasteiger partial charge >= 0.3 is 0 Å². The number of ether oxygens (including phenoxy) is 1. The second-order valence-electron chi connectivity index (χ2n) is 8.58. The lowest BCUT2D eigenvalue weighted by molar-refractivity contribution is -0.143. The van der Waals surface area contributed by atoms with Crippen molar-refractivity contribution in [3.05, 3.63) is 71.9 Å². The van der Waals surface area contributed by atoms with E-state index in [0.717, 1.165) is 30.7 Å². The summed E-state index contributed by atoms with van der Waals surface area (Å²) in [7, 11) is 1.99. The molecule has 162 valence electrons. The van der Waals surface area contributed by atoms with Gasteiger partial charge in [0, 0.05) is 37.4 Å².